The van der Waals surface area contributed by atoms with Gasteiger partial charge in [0, 0.05) is 31.2 Å². The second-order valence-corrected chi connectivity index (χ2v) is 8.39. The van der Waals surface area contributed by atoms with Crippen LogP contribution in [0.15, 0.2) is 48.9 Å². The summed E-state index contributed by atoms with van der Waals surface area (Å²) in [5.41, 5.74) is 1.94. The summed E-state index contributed by atoms with van der Waals surface area (Å²) in [4.78, 5) is 26.7. The molecule has 4 heterocycles. The van der Waals surface area contributed by atoms with Gasteiger partial charge in [-0.15, -0.1) is 0 Å². The van der Waals surface area contributed by atoms with E-state index in [1.807, 2.05) is 30.0 Å². The van der Waals surface area contributed by atoms with E-state index >= 15 is 0 Å². The monoisotopic (exact) mass is 442 g/mol. The second-order valence-electron chi connectivity index (χ2n) is 8.39. The second kappa shape index (κ2) is 7.65. The van der Waals surface area contributed by atoms with Crippen LogP contribution in [0.5, 0.6) is 5.88 Å². The van der Waals surface area contributed by atoms with Gasteiger partial charge in [0.15, 0.2) is 0 Å². The standard InChI is InChI=1S/C23H21F3N4O2/c1-13-7-16(21(29-10-13)17-3-2-6-27-17)22(31)30-12-14-8-18(30)19(9-14)32-20-5-4-15(11-28-20)23(24,25)26/h2-7,10-11,14,18-19,27H,8-9,12H2,1H3/t14-,18+,19-/m1/s1. The molecule has 0 unspecified atom stereocenters. The normalized spacial score (nSPS) is 22.4. The maximum atomic E-state index is 13.5. The van der Waals surface area contributed by atoms with Crippen molar-refractivity contribution >= 4 is 5.91 Å². The van der Waals surface area contributed by atoms with E-state index in [2.05, 4.69) is 15.0 Å². The summed E-state index contributed by atoms with van der Waals surface area (Å²) in [5, 5.41) is 0. The van der Waals surface area contributed by atoms with E-state index in [1.165, 1.54) is 6.07 Å². The number of aromatic amines is 1. The highest BCUT2D eigenvalue weighted by atomic mass is 19.4. The average Bonchev–Trinajstić information content (AvgIpc) is 3.50. The van der Waals surface area contributed by atoms with E-state index in [0.29, 0.717) is 17.8 Å². The molecule has 166 valence electrons. The van der Waals surface area contributed by atoms with Crippen LogP contribution in [0.2, 0.25) is 0 Å². The molecule has 2 fully saturated rings. The highest BCUT2D eigenvalue weighted by Gasteiger charge is 2.49. The Kier molecular flexibility index (Phi) is 4.91. The summed E-state index contributed by atoms with van der Waals surface area (Å²) >= 11 is 0. The third kappa shape index (κ3) is 3.72. The minimum atomic E-state index is -4.44. The van der Waals surface area contributed by atoms with Crippen LogP contribution in [0.25, 0.3) is 11.4 Å². The Balaban J connectivity index is 1.37. The molecule has 0 spiro atoms. The molecule has 1 saturated carbocycles. The number of aromatic nitrogens is 3. The van der Waals surface area contributed by atoms with Crippen molar-refractivity contribution in [2.45, 2.75) is 38.1 Å². The lowest BCUT2D eigenvalue weighted by atomic mass is 10.0. The van der Waals surface area contributed by atoms with Gasteiger partial charge in [-0.3, -0.25) is 9.78 Å². The van der Waals surface area contributed by atoms with Crippen LogP contribution < -0.4 is 4.74 Å². The number of likely N-dealkylation sites (tertiary alicyclic amines) is 1. The van der Waals surface area contributed by atoms with Crippen LogP contribution in [0.1, 0.15) is 34.3 Å². The van der Waals surface area contributed by atoms with Crippen LogP contribution in [0.3, 0.4) is 0 Å². The van der Waals surface area contributed by atoms with Crippen molar-refractivity contribution in [3.8, 4) is 17.3 Å². The number of amides is 1. The maximum absolute atomic E-state index is 13.5. The summed E-state index contributed by atoms with van der Waals surface area (Å²) in [6.45, 7) is 2.52. The molecule has 5 rings (SSSR count). The number of nitrogens with one attached hydrogen (secondary N) is 1. The van der Waals surface area contributed by atoms with Gasteiger partial charge in [0.1, 0.15) is 6.10 Å². The van der Waals surface area contributed by atoms with Crippen molar-refractivity contribution in [1.29, 1.82) is 0 Å². The molecule has 2 bridgehead atoms. The third-order valence-electron chi connectivity index (χ3n) is 6.13. The number of halogens is 3. The molecular formula is C23H21F3N4O2. The average molecular weight is 442 g/mol. The number of H-pyrrole nitrogens is 1. The first-order valence-corrected chi connectivity index (χ1v) is 10.4. The molecule has 9 heteroatoms. The molecular weight excluding hydrogens is 421 g/mol. The fourth-order valence-electron chi connectivity index (χ4n) is 4.68. The molecule has 3 aromatic heterocycles. The van der Waals surface area contributed by atoms with Crippen molar-refractivity contribution in [1.82, 2.24) is 19.9 Å². The van der Waals surface area contributed by atoms with Gasteiger partial charge >= 0.3 is 6.18 Å². The van der Waals surface area contributed by atoms with Crippen LogP contribution in [0, 0.1) is 12.8 Å². The quantitative estimate of drug-likeness (QED) is 0.647. The molecule has 32 heavy (non-hydrogen) atoms. The fraction of sp³-hybridized carbons (Fsp3) is 0.348. The Hall–Kier alpha value is -3.36. The summed E-state index contributed by atoms with van der Waals surface area (Å²) in [5.74, 6) is 0.300. The molecule has 6 nitrogen and oxygen atoms in total. The Labute approximate surface area is 182 Å². The highest BCUT2D eigenvalue weighted by Crippen LogP contribution is 2.41. The lowest BCUT2D eigenvalue weighted by Crippen LogP contribution is -2.47. The predicted molar refractivity (Wildman–Crippen MR) is 110 cm³/mol. The number of ether oxygens (including phenoxy) is 1. The number of fused-ring (bicyclic) bond motifs is 2. The summed E-state index contributed by atoms with van der Waals surface area (Å²) in [7, 11) is 0. The zero-order valence-electron chi connectivity index (χ0n) is 17.3. The van der Waals surface area contributed by atoms with E-state index in [-0.39, 0.29) is 29.9 Å². The minimum Gasteiger partial charge on any atom is -0.472 e. The number of carbonyl (C=O) groups excluding carboxylic acids is 1. The topological polar surface area (TPSA) is 71.1 Å². The Morgan fingerprint density at radius 2 is 2.03 bits per heavy atom. The van der Waals surface area contributed by atoms with Crippen molar-refractivity contribution in [2.24, 2.45) is 5.92 Å². The van der Waals surface area contributed by atoms with Crippen LogP contribution in [-0.4, -0.2) is 44.4 Å². The van der Waals surface area contributed by atoms with Crippen molar-refractivity contribution in [3.05, 3.63) is 65.6 Å². The van der Waals surface area contributed by atoms with Crippen LogP contribution in [-0.2, 0) is 6.18 Å². The Morgan fingerprint density at radius 3 is 2.69 bits per heavy atom. The first-order chi connectivity index (χ1) is 15.3. The van der Waals surface area contributed by atoms with Gasteiger partial charge in [-0.05, 0) is 55.5 Å². The molecule has 0 aromatic carbocycles. The van der Waals surface area contributed by atoms with Gasteiger partial charge in [0.2, 0.25) is 5.88 Å². The fourth-order valence-corrected chi connectivity index (χ4v) is 4.68. The Morgan fingerprint density at radius 1 is 1.19 bits per heavy atom. The van der Waals surface area contributed by atoms with E-state index < -0.39 is 11.7 Å². The minimum absolute atomic E-state index is 0.119. The van der Waals surface area contributed by atoms with Crippen molar-refractivity contribution < 1.29 is 22.7 Å². The highest BCUT2D eigenvalue weighted by molar-refractivity contribution is 6.00. The van der Waals surface area contributed by atoms with Gasteiger partial charge in [0.25, 0.3) is 5.91 Å². The molecule has 1 aliphatic heterocycles. The zero-order valence-corrected chi connectivity index (χ0v) is 17.3. The SMILES string of the molecule is Cc1cnc(-c2ccc[nH]2)c(C(=O)N2C[C@H]3C[C@@H](Oc4ccc(C(F)(F)F)cn4)[C@@H]2C3)c1. The predicted octanol–water partition coefficient (Wildman–Crippen LogP) is 4.48. The molecule has 2 aliphatic rings. The number of hydrogen-bond donors (Lipinski definition) is 1. The molecule has 3 aromatic rings. The van der Waals surface area contributed by atoms with E-state index in [9.17, 15) is 18.0 Å². The van der Waals surface area contributed by atoms with Crippen molar-refractivity contribution in [3.63, 3.8) is 0 Å². The molecule has 1 amide bonds. The first-order valence-electron chi connectivity index (χ1n) is 10.4. The summed E-state index contributed by atoms with van der Waals surface area (Å²) < 4.78 is 44.3. The third-order valence-corrected chi connectivity index (χ3v) is 6.13. The van der Waals surface area contributed by atoms with E-state index in [4.69, 9.17) is 4.74 Å². The number of pyridine rings is 2. The number of alkyl halides is 3. The molecule has 1 aliphatic carbocycles. The number of hydrogen-bond acceptors (Lipinski definition) is 4. The number of aryl methyl sites for hydroxylation is 1. The maximum Gasteiger partial charge on any atom is 0.417 e. The largest absolute Gasteiger partial charge is 0.472 e. The lowest BCUT2D eigenvalue weighted by molar-refractivity contribution is -0.137. The Bertz CT molecular complexity index is 1130. The summed E-state index contributed by atoms with van der Waals surface area (Å²) in [6, 6.07) is 7.59. The number of piperidine rings is 1. The number of nitrogens with zero attached hydrogens (tertiary/aromatic N) is 3. The van der Waals surface area contributed by atoms with Gasteiger partial charge in [-0.1, -0.05) is 0 Å². The van der Waals surface area contributed by atoms with Crippen LogP contribution >= 0.6 is 0 Å². The summed E-state index contributed by atoms with van der Waals surface area (Å²) in [6.07, 6.45) is 1.07. The van der Waals surface area contributed by atoms with Gasteiger partial charge < -0.3 is 14.6 Å². The van der Waals surface area contributed by atoms with E-state index in [0.717, 1.165) is 36.4 Å². The number of carbonyl (C=O) groups is 1. The van der Waals surface area contributed by atoms with Crippen molar-refractivity contribution in [2.75, 3.05) is 6.54 Å². The smallest absolute Gasteiger partial charge is 0.417 e. The zero-order chi connectivity index (χ0) is 22.5. The van der Waals surface area contributed by atoms with E-state index in [1.54, 1.807) is 12.4 Å². The molecule has 0 radical (unpaired) electrons. The molecule has 3 atom stereocenters. The lowest BCUT2D eigenvalue weighted by Gasteiger charge is -2.33. The first kappa shape index (κ1) is 20.5. The van der Waals surface area contributed by atoms with Gasteiger partial charge in [0.05, 0.1) is 28.6 Å². The van der Waals surface area contributed by atoms with Gasteiger partial charge in [-0.2, -0.15) is 13.2 Å². The molecule has 1 N–H and O–H groups in total. The molecule has 1 saturated heterocycles. The number of rotatable bonds is 4. The van der Waals surface area contributed by atoms with Crippen LogP contribution in [0.4, 0.5) is 13.2 Å². The van der Waals surface area contributed by atoms with Gasteiger partial charge in [-0.25, -0.2) is 4.98 Å².